The van der Waals surface area contributed by atoms with Crippen LogP contribution in [-0.4, -0.2) is 36.4 Å². The molecule has 0 aliphatic carbocycles. The van der Waals surface area contributed by atoms with Crippen molar-refractivity contribution >= 4 is 34.6 Å². The SMILES string of the molecule is COc1cc(NC(=C(O)N2CCc3c(C)cc(C(F)(F)F)cc32)c2ccc(Cl)cc2)cc(OCCCC(=O)O)c1. The summed E-state index contributed by atoms with van der Waals surface area (Å²) in [5.74, 6) is -0.360. The number of rotatable bonds is 10. The van der Waals surface area contributed by atoms with Gasteiger partial charge in [0.1, 0.15) is 17.2 Å². The molecule has 4 rings (SSSR count). The van der Waals surface area contributed by atoms with E-state index in [4.69, 9.17) is 26.2 Å². The maximum Gasteiger partial charge on any atom is 0.416 e. The van der Waals surface area contributed by atoms with E-state index >= 15 is 0 Å². The minimum atomic E-state index is -4.54. The van der Waals surface area contributed by atoms with Crippen molar-refractivity contribution in [3.63, 3.8) is 0 Å². The average molecular weight is 577 g/mol. The summed E-state index contributed by atoms with van der Waals surface area (Å²) in [4.78, 5) is 12.3. The lowest BCUT2D eigenvalue weighted by Gasteiger charge is -2.24. The number of methoxy groups -OCH3 is 1. The molecule has 1 aliphatic rings. The van der Waals surface area contributed by atoms with E-state index < -0.39 is 17.7 Å². The Bertz CT molecular complexity index is 1420. The normalized spacial score (nSPS) is 13.5. The summed E-state index contributed by atoms with van der Waals surface area (Å²) >= 11 is 6.08. The average Bonchev–Trinajstić information content (AvgIpc) is 3.34. The molecule has 0 saturated carbocycles. The molecule has 7 nitrogen and oxygen atoms in total. The lowest BCUT2D eigenvalue weighted by atomic mass is 10.0. The van der Waals surface area contributed by atoms with Gasteiger partial charge in [-0.3, -0.25) is 4.79 Å². The Hall–Kier alpha value is -4.05. The number of hydrogen-bond acceptors (Lipinski definition) is 6. The summed E-state index contributed by atoms with van der Waals surface area (Å²) in [6, 6.07) is 13.8. The number of aliphatic hydroxyl groups excluding tert-OH is 1. The molecule has 3 aromatic carbocycles. The number of benzene rings is 3. The zero-order chi connectivity index (χ0) is 29.0. The predicted octanol–water partition coefficient (Wildman–Crippen LogP) is 7.28. The molecule has 1 aliphatic heterocycles. The van der Waals surface area contributed by atoms with Gasteiger partial charge < -0.3 is 29.9 Å². The van der Waals surface area contributed by atoms with Crippen LogP contribution in [-0.2, 0) is 17.4 Å². The Labute approximate surface area is 234 Å². The molecule has 212 valence electrons. The number of anilines is 2. The number of carbonyl (C=O) groups is 1. The first-order chi connectivity index (χ1) is 19.0. The summed E-state index contributed by atoms with van der Waals surface area (Å²) < 4.78 is 51.9. The first-order valence-corrected chi connectivity index (χ1v) is 12.8. The van der Waals surface area contributed by atoms with E-state index in [1.807, 2.05) is 0 Å². The van der Waals surface area contributed by atoms with Crippen molar-refractivity contribution in [3.05, 3.63) is 87.8 Å². The third-order valence-corrected chi connectivity index (χ3v) is 6.71. The number of alkyl halides is 3. The standard InChI is InChI=1S/C29H28ClF3N2O5/c1-17-12-19(29(31,32)33)13-25-24(17)9-10-35(25)28(38)27(18-5-7-20(30)8-6-18)34-21-14-22(39-2)16-23(15-21)40-11-3-4-26(36)37/h5-8,12-16,34,38H,3-4,9-11H2,1-2H3,(H,36,37). The molecule has 40 heavy (non-hydrogen) atoms. The largest absolute Gasteiger partial charge is 0.497 e. The van der Waals surface area contributed by atoms with E-state index in [1.54, 1.807) is 49.4 Å². The molecular formula is C29H28ClF3N2O5. The smallest absolute Gasteiger partial charge is 0.416 e. The third-order valence-electron chi connectivity index (χ3n) is 6.45. The second kappa shape index (κ2) is 12.0. The van der Waals surface area contributed by atoms with Gasteiger partial charge in [0.15, 0.2) is 0 Å². The van der Waals surface area contributed by atoms with Gasteiger partial charge in [0, 0.05) is 53.1 Å². The number of nitrogens with one attached hydrogen (secondary N) is 1. The fourth-order valence-corrected chi connectivity index (χ4v) is 4.63. The lowest BCUT2D eigenvalue weighted by Crippen LogP contribution is -2.23. The van der Waals surface area contributed by atoms with Crippen LogP contribution in [0.5, 0.6) is 11.5 Å². The fraction of sp³-hybridized carbons (Fsp3) is 0.276. The number of fused-ring (bicyclic) bond motifs is 1. The first kappa shape index (κ1) is 28.9. The number of nitrogens with zero attached hydrogens (tertiary/aromatic N) is 1. The summed E-state index contributed by atoms with van der Waals surface area (Å²) in [6.07, 6.45) is -3.81. The van der Waals surface area contributed by atoms with Crippen molar-refractivity contribution in [3.8, 4) is 11.5 Å². The molecule has 0 atom stereocenters. The summed E-state index contributed by atoms with van der Waals surface area (Å²) in [5.41, 5.74) is 1.94. The summed E-state index contributed by atoms with van der Waals surface area (Å²) in [7, 11) is 1.47. The minimum absolute atomic E-state index is 0.0424. The Morgan fingerprint density at radius 3 is 2.42 bits per heavy atom. The number of aryl methyl sites for hydroxylation is 1. The first-order valence-electron chi connectivity index (χ1n) is 12.4. The van der Waals surface area contributed by atoms with Crippen molar-refractivity contribution in [2.75, 3.05) is 30.5 Å². The van der Waals surface area contributed by atoms with Crippen molar-refractivity contribution < 1.29 is 37.7 Å². The number of carboxylic acids is 1. The van der Waals surface area contributed by atoms with Crippen molar-refractivity contribution in [1.82, 2.24) is 0 Å². The monoisotopic (exact) mass is 576 g/mol. The maximum atomic E-state index is 13.6. The van der Waals surface area contributed by atoms with Crippen LogP contribution >= 0.6 is 11.6 Å². The molecule has 1 heterocycles. The van der Waals surface area contributed by atoms with Gasteiger partial charge >= 0.3 is 12.1 Å². The molecule has 0 saturated heterocycles. The number of hydrogen-bond donors (Lipinski definition) is 3. The molecular weight excluding hydrogens is 549 g/mol. The Kier molecular flexibility index (Phi) is 8.68. The van der Waals surface area contributed by atoms with Gasteiger partial charge in [0.2, 0.25) is 5.88 Å². The Balaban J connectivity index is 1.75. The van der Waals surface area contributed by atoms with Crippen LogP contribution in [0.3, 0.4) is 0 Å². The Morgan fingerprint density at radius 2 is 1.77 bits per heavy atom. The number of halogens is 4. The van der Waals surface area contributed by atoms with Gasteiger partial charge in [-0.25, -0.2) is 0 Å². The number of aliphatic hydroxyl groups is 1. The van der Waals surface area contributed by atoms with Crippen LogP contribution in [0, 0.1) is 6.92 Å². The zero-order valence-electron chi connectivity index (χ0n) is 21.8. The maximum absolute atomic E-state index is 13.6. The van der Waals surface area contributed by atoms with Crippen LogP contribution < -0.4 is 19.7 Å². The highest BCUT2D eigenvalue weighted by Gasteiger charge is 2.35. The molecule has 0 spiro atoms. The molecule has 0 fully saturated rings. The van der Waals surface area contributed by atoms with E-state index in [1.165, 1.54) is 12.0 Å². The molecule has 3 N–H and O–H groups in total. The highest BCUT2D eigenvalue weighted by molar-refractivity contribution is 6.30. The second-order valence-electron chi connectivity index (χ2n) is 9.26. The molecule has 11 heteroatoms. The van der Waals surface area contributed by atoms with E-state index in [9.17, 15) is 23.1 Å². The van der Waals surface area contributed by atoms with E-state index in [0.29, 0.717) is 46.2 Å². The second-order valence-corrected chi connectivity index (χ2v) is 9.70. The molecule has 0 unspecified atom stereocenters. The van der Waals surface area contributed by atoms with E-state index in [-0.39, 0.29) is 36.8 Å². The zero-order valence-corrected chi connectivity index (χ0v) is 22.6. The fourth-order valence-electron chi connectivity index (χ4n) is 4.50. The van der Waals surface area contributed by atoms with Crippen LogP contribution in [0.1, 0.15) is 35.1 Å². The molecule has 0 bridgehead atoms. The Morgan fingerprint density at radius 1 is 1.07 bits per heavy atom. The number of carboxylic acid groups (broad SMARTS) is 1. The van der Waals surface area contributed by atoms with E-state index in [0.717, 1.165) is 17.7 Å². The van der Waals surface area contributed by atoms with E-state index in [2.05, 4.69) is 5.32 Å². The highest BCUT2D eigenvalue weighted by atomic mass is 35.5. The van der Waals surface area contributed by atoms with Crippen molar-refractivity contribution in [1.29, 1.82) is 0 Å². The van der Waals surface area contributed by atoms with Crippen LogP contribution in [0.25, 0.3) is 5.70 Å². The number of ether oxygens (including phenoxy) is 2. The van der Waals surface area contributed by atoms with Gasteiger partial charge in [-0.1, -0.05) is 23.7 Å². The van der Waals surface area contributed by atoms with Crippen molar-refractivity contribution in [2.24, 2.45) is 0 Å². The quantitative estimate of drug-likeness (QED) is 0.173. The summed E-state index contributed by atoms with van der Waals surface area (Å²) in [6.45, 7) is 2.07. The van der Waals surface area contributed by atoms with Gasteiger partial charge in [0.25, 0.3) is 0 Å². The van der Waals surface area contributed by atoms with Gasteiger partial charge in [-0.2, -0.15) is 13.2 Å². The predicted molar refractivity (Wildman–Crippen MR) is 147 cm³/mol. The van der Waals surface area contributed by atoms with Crippen LogP contribution in [0.2, 0.25) is 5.02 Å². The molecule has 0 radical (unpaired) electrons. The summed E-state index contributed by atoms with van der Waals surface area (Å²) in [5, 5.41) is 24.1. The third kappa shape index (κ3) is 6.74. The highest BCUT2D eigenvalue weighted by Crippen LogP contribution is 2.40. The van der Waals surface area contributed by atoms with Gasteiger partial charge in [-0.05, 0) is 55.2 Å². The molecule has 0 aromatic heterocycles. The van der Waals surface area contributed by atoms with Gasteiger partial charge in [0.05, 0.1) is 19.3 Å². The van der Waals surface area contributed by atoms with Crippen LogP contribution in [0.4, 0.5) is 24.5 Å². The molecule has 3 aromatic rings. The number of aliphatic carboxylic acids is 1. The van der Waals surface area contributed by atoms with Gasteiger partial charge in [-0.15, -0.1) is 0 Å². The van der Waals surface area contributed by atoms with Crippen LogP contribution in [0.15, 0.2) is 60.5 Å². The topological polar surface area (TPSA) is 91.3 Å². The van der Waals surface area contributed by atoms with Crippen molar-refractivity contribution in [2.45, 2.75) is 32.4 Å². The molecule has 0 amide bonds. The lowest BCUT2D eigenvalue weighted by molar-refractivity contribution is -0.138. The minimum Gasteiger partial charge on any atom is -0.497 e.